The van der Waals surface area contributed by atoms with Crippen LogP contribution in [0.4, 0.5) is 5.13 Å². The van der Waals surface area contributed by atoms with Crippen molar-refractivity contribution in [3.63, 3.8) is 0 Å². The standard InChI is InChI=1S/C22H23BrN4O3S/c23-16-2-3-17-20(14-16)31-22(25-17)27-9-7-26(8-10-27)6-5-24-21(28)15-1-4-18-19(13-15)30-12-11-29-18/h1-4,13-14H,5-12H2,(H,24,28). The third-order valence-corrected chi connectivity index (χ3v) is 7.07. The van der Waals surface area contributed by atoms with Crippen LogP contribution in [0.1, 0.15) is 10.4 Å². The molecule has 1 saturated heterocycles. The van der Waals surface area contributed by atoms with Crippen LogP contribution in [0.25, 0.3) is 10.2 Å². The summed E-state index contributed by atoms with van der Waals surface area (Å²) in [5, 5.41) is 4.10. The van der Waals surface area contributed by atoms with E-state index in [4.69, 9.17) is 14.5 Å². The molecule has 31 heavy (non-hydrogen) atoms. The number of anilines is 1. The second-order valence-electron chi connectivity index (χ2n) is 7.55. The molecule has 3 aromatic rings. The molecule has 2 aliphatic heterocycles. The monoisotopic (exact) mass is 502 g/mol. The lowest BCUT2D eigenvalue weighted by molar-refractivity contribution is 0.0946. The highest BCUT2D eigenvalue weighted by molar-refractivity contribution is 9.10. The third-order valence-electron chi connectivity index (χ3n) is 5.50. The van der Waals surface area contributed by atoms with Crippen molar-refractivity contribution in [1.82, 2.24) is 15.2 Å². The molecule has 0 unspecified atom stereocenters. The molecule has 1 aromatic heterocycles. The molecule has 0 spiro atoms. The van der Waals surface area contributed by atoms with Gasteiger partial charge in [-0.3, -0.25) is 9.69 Å². The Labute approximate surface area is 193 Å². The van der Waals surface area contributed by atoms with Gasteiger partial charge in [-0.05, 0) is 36.4 Å². The van der Waals surface area contributed by atoms with Crippen molar-refractivity contribution in [2.24, 2.45) is 0 Å². The summed E-state index contributed by atoms with van der Waals surface area (Å²) in [4.78, 5) is 22.0. The van der Waals surface area contributed by atoms with Crippen LogP contribution in [-0.2, 0) is 0 Å². The smallest absolute Gasteiger partial charge is 0.251 e. The van der Waals surface area contributed by atoms with Crippen molar-refractivity contribution in [3.05, 3.63) is 46.4 Å². The Balaban J connectivity index is 1.10. The van der Waals surface area contributed by atoms with Crippen LogP contribution in [0.3, 0.4) is 0 Å². The number of nitrogens with one attached hydrogen (secondary N) is 1. The number of nitrogens with zero attached hydrogens (tertiary/aromatic N) is 3. The van der Waals surface area contributed by atoms with E-state index in [1.807, 2.05) is 6.07 Å². The number of piperazine rings is 1. The molecule has 0 aliphatic carbocycles. The summed E-state index contributed by atoms with van der Waals surface area (Å²) < 4.78 is 13.4. The van der Waals surface area contributed by atoms with Crippen LogP contribution in [0.5, 0.6) is 11.5 Å². The number of aromatic nitrogens is 1. The number of halogens is 1. The lowest BCUT2D eigenvalue weighted by atomic mass is 10.2. The lowest BCUT2D eigenvalue weighted by Gasteiger charge is -2.34. The minimum absolute atomic E-state index is 0.0868. The van der Waals surface area contributed by atoms with E-state index in [2.05, 4.69) is 43.2 Å². The summed E-state index contributed by atoms with van der Waals surface area (Å²) in [6.07, 6.45) is 0. The van der Waals surface area contributed by atoms with E-state index in [9.17, 15) is 4.79 Å². The number of carbonyl (C=O) groups excluding carboxylic acids is 1. The zero-order valence-corrected chi connectivity index (χ0v) is 19.4. The molecule has 1 amide bonds. The minimum Gasteiger partial charge on any atom is -0.486 e. The first-order valence-corrected chi connectivity index (χ1v) is 12.0. The number of carbonyl (C=O) groups is 1. The van der Waals surface area contributed by atoms with Crippen molar-refractivity contribution in [2.45, 2.75) is 0 Å². The summed E-state index contributed by atoms with van der Waals surface area (Å²) in [5.74, 6) is 1.25. The molecule has 1 fully saturated rings. The molecule has 2 aliphatic rings. The molecule has 0 saturated carbocycles. The maximum atomic E-state index is 12.5. The molecule has 0 radical (unpaired) electrons. The number of rotatable bonds is 5. The quantitative estimate of drug-likeness (QED) is 0.576. The van der Waals surface area contributed by atoms with Crippen LogP contribution < -0.4 is 19.7 Å². The van der Waals surface area contributed by atoms with Crippen molar-refractivity contribution >= 4 is 48.5 Å². The van der Waals surface area contributed by atoms with E-state index in [0.29, 0.717) is 36.8 Å². The summed E-state index contributed by atoms with van der Waals surface area (Å²) in [6.45, 7) is 6.30. The van der Waals surface area contributed by atoms with Crippen LogP contribution in [0.15, 0.2) is 40.9 Å². The Morgan fingerprint density at radius 1 is 1.06 bits per heavy atom. The summed E-state index contributed by atoms with van der Waals surface area (Å²) in [5.41, 5.74) is 1.64. The Bertz CT molecular complexity index is 1100. The van der Waals surface area contributed by atoms with Gasteiger partial charge in [-0.1, -0.05) is 27.3 Å². The van der Waals surface area contributed by atoms with Crippen LogP contribution >= 0.6 is 27.3 Å². The molecular weight excluding hydrogens is 480 g/mol. The van der Waals surface area contributed by atoms with Gasteiger partial charge in [0.2, 0.25) is 0 Å². The Morgan fingerprint density at radius 3 is 2.71 bits per heavy atom. The summed E-state index contributed by atoms with van der Waals surface area (Å²) >= 11 is 5.27. The maximum Gasteiger partial charge on any atom is 0.251 e. The Hall–Kier alpha value is -2.36. The van der Waals surface area contributed by atoms with Gasteiger partial charge >= 0.3 is 0 Å². The largest absolute Gasteiger partial charge is 0.486 e. The molecule has 1 N–H and O–H groups in total. The minimum atomic E-state index is -0.0868. The fraction of sp³-hybridized carbons (Fsp3) is 0.364. The average Bonchev–Trinajstić information content (AvgIpc) is 3.22. The van der Waals surface area contributed by atoms with E-state index in [1.54, 1.807) is 29.5 Å². The van der Waals surface area contributed by atoms with Gasteiger partial charge in [-0.15, -0.1) is 0 Å². The van der Waals surface area contributed by atoms with Crippen LogP contribution in [0, 0.1) is 0 Å². The van der Waals surface area contributed by atoms with Gasteiger partial charge in [-0.25, -0.2) is 4.98 Å². The average molecular weight is 503 g/mol. The van der Waals surface area contributed by atoms with Gasteiger partial charge in [0.15, 0.2) is 16.6 Å². The SMILES string of the molecule is O=C(NCCN1CCN(c2nc3ccc(Br)cc3s2)CC1)c1ccc2c(c1)OCCO2. The summed E-state index contributed by atoms with van der Waals surface area (Å²) in [7, 11) is 0. The number of benzene rings is 2. The zero-order chi connectivity index (χ0) is 21.2. The molecule has 0 bridgehead atoms. The van der Waals surface area contributed by atoms with E-state index in [0.717, 1.165) is 47.8 Å². The van der Waals surface area contributed by atoms with Crippen molar-refractivity contribution < 1.29 is 14.3 Å². The number of ether oxygens (including phenoxy) is 2. The Morgan fingerprint density at radius 2 is 1.87 bits per heavy atom. The van der Waals surface area contributed by atoms with E-state index >= 15 is 0 Å². The number of amides is 1. The Kier molecular flexibility index (Phi) is 5.97. The fourth-order valence-electron chi connectivity index (χ4n) is 3.80. The normalized spacial score (nSPS) is 16.5. The van der Waals surface area contributed by atoms with Gasteiger partial charge in [0.1, 0.15) is 13.2 Å². The number of hydrogen-bond acceptors (Lipinski definition) is 7. The zero-order valence-electron chi connectivity index (χ0n) is 17.0. The van der Waals surface area contributed by atoms with E-state index < -0.39 is 0 Å². The predicted octanol–water partition coefficient (Wildman–Crippen LogP) is 3.38. The first-order valence-electron chi connectivity index (χ1n) is 10.4. The van der Waals surface area contributed by atoms with Crippen LogP contribution in [-0.4, -0.2) is 68.3 Å². The molecule has 162 valence electrons. The van der Waals surface area contributed by atoms with Gasteiger partial charge < -0.3 is 19.7 Å². The molecule has 2 aromatic carbocycles. The van der Waals surface area contributed by atoms with Gasteiger partial charge in [0.05, 0.1) is 10.2 Å². The first kappa shape index (κ1) is 20.5. The number of hydrogen-bond donors (Lipinski definition) is 1. The highest BCUT2D eigenvalue weighted by atomic mass is 79.9. The second kappa shape index (κ2) is 9.02. The molecule has 7 nitrogen and oxygen atoms in total. The highest BCUT2D eigenvalue weighted by Crippen LogP contribution is 2.32. The van der Waals surface area contributed by atoms with Gasteiger partial charge in [0, 0.05) is 49.3 Å². The molecular formula is C22H23BrN4O3S. The lowest BCUT2D eigenvalue weighted by Crippen LogP contribution is -2.48. The fourth-order valence-corrected chi connectivity index (χ4v) is 5.37. The van der Waals surface area contributed by atoms with E-state index in [-0.39, 0.29) is 5.91 Å². The van der Waals surface area contributed by atoms with Crippen molar-refractivity contribution in [1.29, 1.82) is 0 Å². The topological polar surface area (TPSA) is 66.9 Å². The third kappa shape index (κ3) is 4.63. The van der Waals surface area contributed by atoms with Crippen LogP contribution in [0.2, 0.25) is 0 Å². The maximum absolute atomic E-state index is 12.5. The highest BCUT2D eigenvalue weighted by Gasteiger charge is 2.20. The molecule has 5 rings (SSSR count). The molecule has 0 atom stereocenters. The van der Waals surface area contributed by atoms with Crippen molar-refractivity contribution in [3.8, 4) is 11.5 Å². The molecule has 3 heterocycles. The second-order valence-corrected chi connectivity index (χ2v) is 9.48. The number of fused-ring (bicyclic) bond motifs is 2. The summed E-state index contributed by atoms with van der Waals surface area (Å²) in [6, 6.07) is 11.5. The van der Waals surface area contributed by atoms with Gasteiger partial charge in [0.25, 0.3) is 5.91 Å². The first-order chi connectivity index (χ1) is 15.2. The molecule has 9 heteroatoms. The van der Waals surface area contributed by atoms with Gasteiger partial charge in [-0.2, -0.15) is 0 Å². The predicted molar refractivity (Wildman–Crippen MR) is 126 cm³/mol. The van der Waals surface area contributed by atoms with E-state index in [1.165, 1.54) is 4.70 Å². The number of thiazole rings is 1. The van der Waals surface area contributed by atoms with Crippen molar-refractivity contribution in [2.75, 3.05) is 57.4 Å².